The molecule has 5 nitrogen and oxygen atoms in total. The van der Waals surface area contributed by atoms with Crippen molar-refractivity contribution in [3.8, 4) is 5.75 Å². The smallest absolute Gasteiger partial charge is 0.252 e. The van der Waals surface area contributed by atoms with Gasteiger partial charge in [-0.15, -0.1) is 0 Å². The monoisotopic (exact) mass is 601 g/mol. The largest absolute Gasteiger partial charge is 0.497 e. The van der Waals surface area contributed by atoms with Crippen LogP contribution in [0.4, 0.5) is 5.69 Å². The van der Waals surface area contributed by atoms with Crippen LogP contribution < -0.4 is 20.7 Å². The Hall–Kier alpha value is -0.770. The number of nitrogens with one attached hydrogen (secondary N) is 3. The number of carbonyl (C=O) groups excluding carboxylic acids is 1. The van der Waals surface area contributed by atoms with Gasteiger partial charge in [-0.25, -0.2) is 0 Å². The van der Waals surface area contributed by atoms with Gasteiger partial charge in [0.2, 0.25) is 3.79 Å². The van der Waals surface area contributed by atoms with Gasteiger partial charge in [-0.05, 0) is 75.3 Å². The number of anilines is 1. The molecule has 0 saturated carbocycles. The van der Waals surface area contributed by atoms with Crippen molar-refractivity contribution in [1.82, 2.24) is 10.6 Å². The summed E-state index contributed by atoms with van der Waals surface area (Å²) in [5.41, 5.74) is 2.09. The third-order valence-electron chi connectivity index (χ3n) is 3.68. The summed E-state index contributed by atoms with van der Waals surface area (Å²) in [7, 11) is 1.57. The highest BCUT2D eigenvalue weighted by Gasteiger charge is 2.35. The average Bonchev–Trinajstić information content (AvgIpc) is 2.63. The van der Waals surface area contributed by atoms with Crippen LogP contribution in [0.2, 0.25) is 0 Å². The first kappa shape index (κ1) is 24.5. The maximum absolute atomic E-state index is 12.5. The van der Waals surface area contributed by atoms with Gasteiger partial charge in [-0.3, -0.25) is 4.79 Å². The Morgan fingerprint density at radius 1 is 1.10 bits per heavy atom. The molecule has 0 radical (unpaired) electrons. The molecule has 0 aliphatic rings. The number of hydrogen-bond donors (Lipinski definition) is 3. The Morgan fingerprint density at radius 2 is 1.66 bits per heavy atom. The maximum Gasteiger partial charge on any atom is 0.252 e. The Morgan fingerprint density at radius 3 is 2.14 bits per heavy atom. The number of hydrogen-bond acceptors (Lipinski definition) is 3. The molecule has 0 heterocycles. The van der Waals surface area contributed by atoms with E-state index < -0.39 is 15.9 Å². The van der Waals surface area contributed by atoms with E-state index in [-0.39, 0.29) is 5.11 Å². The van der Waals surface area contributed by atoms with Crippen LogP contribution in [0, 0.1) is 6.92 Å². The minimum atomic E-state index is -1.86. The van der Waals surface area contributed by atoms with Crippen molar-refractivity contribution in [2.45, 2.75) is 16.9 Å². The Labute approximate surface area is 206 Å². The molecular weight excluding hydrogens is 588 g/mol. The van der Waals surface area contributed by atoms with E-state index in [1.54, 1.807) is 31.4 Å². The van der Waals surface area contributed by atoms with E-state index in [1.807, 2.05) is 19.1 Å². The normalized spacial score (nSPS) is 12.1. The molecule has 2 aromatic rings. The molecule has 29 heavy (non-hydrogen) atoms. The second-order valence-electron chi connectivity index (χ2n) is 5.88. The third kappa shape index (κ3) is 7.15. The molecule has 2 aromatic carbocycles. The molecule has 0 saturated heterocycles. The number of ether oxygens (including phenoxy) is 1. The van der Waals surface area contributed by atoms with Gasteiger partial charge in [-0.2, -0.15) is 0 Å². The van der Waals surface area contributed by atoms with E-state index in [9.17, 15) is 4.79 Å². The molecule has 11 heteroatoms. The van der Waals surface area contributed by atoms with Crippen molar-refractivity contribution in [3.63, 3.8) is 0 Å². The van der Waals surface area contributed by atoms with Gasteiger partial charge in [0, 0.05) is 14.5 Å². The molecule has 2 rings (SSSR count). The lowest BCUT2D eigenvalue weighted by Crippen LogP contribution is -2.56. The maximum atomic E-state index is 12.5. The highest BCUT2D eigenvalue weighted by Crippen LogP contribution is 2.35. The lowest BCUT2D eigenvalue weighted by Gasteiger charge is -2.28. The summed E-state index contributed by atoms with van der Waals surface area (Å²) in [6.45, 7) is 1.92. The standard InChI is InChI=1S/C18H16Br2Cl3N3O2S/c1-9-3-5-10(6-4-9)15(27)25-16(18(21,22)23)26-17(29)24-14-12(19)7-11(28-2)8-13(14)20/h3-8,16H,1-2H3,(H,25,27)(H2,24,26,29)/t16-/m0/s1. The van der Waals surface area contributed by atoms with E-state index >= 15 is 0 Å². The zero-order valence-electron chi connectivity index (χ0n) is 15.2. The molecule has 0 aliphatic heterocycles. The van der Waals surface area contributed by atoms with Crippen molar-refractivity contribution in [3.05, 3.63) is 56.5 Å². The number of amides is 1. The van der Waals surface area contributed by atoms with Gasteiger partial charge in [-0.1, -0.05) is 52.5 Å². The molecule has 0 aromatic heterocycles. The molecule has 0 aliphatic carbocycles. The predicted molar refractivity (Wildman–Crippen MR) is 130 cm³/mol. The topological polar surface area (TPSA) is 62.4 Å². The Bertz CT molecular complexity index is 885. The van der Waals surface area contributed by atoms with Crippen LogP contribution in [-0.2, 0) is 0 Å². The van der Waals surface area contributed by atoms with Gasteiger partial charge < -0.3 is 20.7 Å². The number of benzene rings is 2. The summed E-state index contributed by atoms with van der Waals surface area (Å²) in [4.78, 5) is 12.5. The summed E-state index contributed by atoms with van der Waals surface area (Å²) in [6.07, 6.45) is -1.09. The Kier molecular flexibility index (Phi) is 8.87. The number of rotatable bonds is 5. The lowest BCUT2D eigenvalue weighted by atomic mass is 10.1. The quantitative estimate of drug-likeness (QED) is 0.224. The van der Waals surface area contributed by atoms with Crippen LogP contribution in [0.3, 0.4) is 0 Å². The van der Waals surface area contributed by atoms with E-state index in [0.717, 1.165) is 5.56 Å². The number of carbonyl (C=O) groups is 1. The van der Waals surface area contributed by atoms with Crippen LogP contribution in [0.1, 0.15) is 15.9 Å². The van der Waals surface area contributed by atoms with Crippen molar-refractivity contribution in [2.75, 3.05) is 12.4 Å². The van der Waals surface area contributed by atoms with Crippen LogP contribution >= 0.6 is 78.9 Å². The summed E-state index contributed by atoms with van der Waals surface area (Å²) in [5, 5.41) is 8.59. The third-order valence-corrected chi connectivity index (χ3v) is 5.81. The van der Waals surface area contributed by atoms with Crippen LogP contribution in [0.25, 0.3) is 0 Å². The molecular formula is C18H16Br2Cl3N3O2S. The molecule has 0 fully saturated rings. The fourth-order valence-corrected chi connectivity index (χ4v) is 4.08. The summed E-state index contributed by atoms with van der Waals surface area (Å²) in [5.74, 6) is 0.237. The van der Waals surface area contributed by atoms with E-state index in [0.29, 0.717) is 25.9 Å². The van der Waals surface area contributed by atoms with Crippen LogP contribution in [0.15, 0.2) is 45.3 Å². The number of thiocarbonyl (C=S) groups is 1. The van der Waals surface area contributed by atoms with Gasteiger partial charge in [0.15, 0.2) is 5.11 Å². The predicted octanol–water partition coefficient (Wildman–Crippen LogP) is 5.94. The average molecular weight is 605 g/mol. The number of methoxy groups -OCH3 is 1. The zero-order chi connectivity index (χ0) is 21.8. The van der Waals surface area contributed by atoms with E-state index in [2.05, 4.69) is 47.8 Å². The van der Waals surface area contributed by atoms with E-state index in [1.165, 1.54) is 0 Å². The fourth-order valence-electron chi connectivity index (χ4n) is 2.19. The highest BCUT2D eigenvalue weighted by molar-refractivity contribution is 9.11. The minimum Gasteiger partial charge on any atom is -0.497 e. The van der Waals surface area contributed by atoms with Crippen molar-refractivity contribution >= 4 is 95.6 Å². The van der Waals surface area contributed by atoms with E-state index in [4.69, 9.17) is 51.8 Å². The van der Waals surface area contributed by atoms with Gasteiger partial charge in [0.25, 0.3) is 5.91 Å². The first-order chi connectivity index (χ1) is 13.5. The molecule has 0 spiro atoms. The Balaban J connectivity index is 2.13. The lowest BCUT2D eigenvalue weighted by molar-refractivity contribution is 0.0934. The van der Waals surface area contributed by atoms with Crippen LogP contribution in [-0.4, -0.2) is 28.1 Å². The van der Waals surface area contributed by atoms with Gasteiger partial charge in [0.1, 0.15) is 11.9 Å². The second-order valence-corrected chi connectivity index (χ2v) is 10.4. The first-order valence-corrected chi connectivity index (χ1v) is 11.2. The van der Waals surface area contributed by atoms with Crippen LogP contribution in [0.5, 0.6) is 5.75 Å². The van der Waals surface area contributed by atoms with Gasteiger partial charge in [0.05, 0.1) is 12.8 Å². The molecule has 3 N–H and O–H groups in total. The number of halogens is 5. The number of alkyl halides is 3. The fraction of sp³-hybridized carbons (Fsp3) is 0.222. The van der Waals surface area contributed by atoms with Gasteiger partial charge >= 0.3 is 0 Å². The minimum absolute atomic E-state index is 0.136. The van der Waals surface area contributed by atoms with Crippen molar-refractivity contribution < 1.29 is 9.53 Å². The number of aryl methyl sites for hydroxylation is 1. The van der Waals surface area contributed by atoms with Crippen molar-refractivity contribution in [2.24, 2.45) is 0 Å². The highest BCUT2D eigenvalue weighted by atomic mass is 79.9. The molecule has 156 valence electrons. The molecule has 1 atom stereocenters. The van der Waals surface area contributed by atoms with Crippen molar-refractivity contribution in [1.29, 1.82) is 0 Å². The molecule has 0 bridgehead atoms. The second kappa shape index (κ2) is 10.5. The first-order valence-electron chi connectivity index (χ1n) is 8.06. The summed E-state index contributed by atoms with van der Waals surface area (Å²) in [6, 6.07) is 10.5. The summed E-state index contributed by atoms with van der Waals surface area (Å²) >= 11 is 30.3. The molecule has 0 unspecified atom stereocenters. The SMILES string of the molecule is COc1cc(Br)c(NC(=S)N[C@H](NC(=O)c2ccc(C)cc2)C(Cl)(Cl)Cl)c(Br)c1. The summed E-state index contributed by atoms with van der Waals surface area (Å²) < 4.78 is 4.73. The zero-order valence-corrected chi connectivity index (χ0v) is 21.4. The molecule has 1 amide bonds.